The monoisotopic (exact) mass is 545 g/mol. The third-order valence-corrected chi connectivity index (χ3v) is 5.41. The molecule has 2 atom stereocenters. The van der Waals surface area contributed by atoms with Gasteiger partial charge in [0.25, 0.3) is 0 Å². The van der Waals surface area contributed by atoms with E-state index in [0.717, 1.165) is 0 Å². The predicted octanol–water partition coefficient (Wildman–Crippen LogP) is 4.72. The maximum Gasteiger partial charge on any atom is 0.412 e. The Morgan fingerprint density at radius 2 is 2.00 bits per heavy atom. The number of carbonyl (C=O) groups is 1. The van der Waals surface area contributed by atoms with Crippen LogP contribution in [0.1, 0.15) is 25.0 Å². The van der Waals surface area contributed by atoms with Gasteiger partial charge in [0, 0.05) is 41.4 Å². The summed E-state index contributed by atoms with van der Waals surface area (Å²) >= 11 is 6.67. The van der Waals surface area contributed by atoms with Crippen LogP contribution in [0.5, 0.6) is 17.2 Å². The molecule has 0 bridgehead atoms. The fourth-order valence-electron chi connectivity index (χ4n) is 3.04. The number of nitrogens with one attached hydrogen (secondary N) is 1. The summed E-state index contributed by atoms with van der Waals surface area (Å²) in [4.78, 5) is 12.7. The largest absolute Gasteiger partial charge is 0.506 e. The minimum atomic E-state index is -0.972. The number of hydrogen-bond donors (Lipinski definition) is 3. The van der Waals surface area contributed by atoms with Gasteiger partial charge in [-0.15, -0.1) is 0 Å². The zero-order chi connectivity index (χ0) is 21.7. The Morgan fingerprint density at radius 1 is 1.23 bits per heavy atom. The first-order valence-electron chi connectivity index (χ1n) is 9.20. The molecular formula is C20H21Br2NO7. The maximum absolute atomic E-state index is 12.7. The van der Waals surface area contributed by atoms with Crippen molar-refractivity contribution >= 4 is 43.6 Å². The van der Waals surface area contributed by atoms with Crippen molar-refractivity contribution < 1.29 is 34.0 Å². The van der Waals surface area contributed by atoms with Crippen LogP contribution in [0.15, 0.2) is 39.3 Å². The van der Waals surface area contributed by atoms with Gasteiger partial charge in [0.05, 0.1) is 4.47 Å². The van der Waals surface area contributed by atoms with E-state index in [2.05, 4.69) is 37.2 Å². The Balaban J connectivity index is 1.85. The number of aliphatic hydroxyl groups is 1. The highest BCUT2D eigenvalue weighted by Gasteiger charge is 2.31. The molecule has 1 aliphatic rings. The van der Waals surface area contributed by atoms with Gasteiger partial charge < -0.3 is 29.2 Å². The Morgan fingerprint density at radius 3 is 2.73 bits per heavy atom. The first-order valence-corrected chi connectivity index (χ1v) is 10.8. The number of carbonyl (C=O) groups excluding carboxylic acids is 1. The van der Waals surface area contributed by atoms with E-state index in [1.807, 2.05) is 0 Å². The highest BCUT2D eigenvalue weighted by molar-refractivity contribution is 9.11. The lowest BCUT2D eigenvalue weighted by Crippen LogP contribution is -2.30. The van der Waals surface area contributed by atoms with Crippen LogP contribution in [0.4, 0.5) is 10.5 Å². The highest BCUT2D eigenvalue weighted by atomic mass is 79.9. The van der Waals surface area contributed by atoms with Gasteiger partial charge >= 0.3 is 6.09 Å². The second kappa shape index (κ2) is 10.3. The number of rotatable bonds is 8. The van der Waals surface area contributed by atoms with E-state index in [0.29, 0.717) is 38.3 Å². The number of phenols is 1. The summed E-state index contributed by atoms with van der Waals surface area (Å²) in [6, 6.07) is 8.28. The first kappa shape index (κ1) is 22.7. The Hall–Kier alpha value is -2.01. The average molecular weight is 547 g/mol. The number of fused-ring (bicyclic) bond motifs is 1. The second-order valence-electron chi connectivity index (χ2n) is 6.35. The van der Waals surface area contributed by atoms with Gasteiger partial charge in [0.2, 0.25) is 6.79 Å². The van der Waals surface area contributed by atoms with Crippen molar-refractivity contribution in [1.82, 2.24) is 0 Å². The van der Waals surface area contributed by atoms with Crippen LogP contribution in [0.25, 0.3) is 0 Å². The molecule has 30 heavy (non-hydrogen) atoms. The Bertz CT molecular complexity index is 903. The zero-order valence-electron chi connectivity index (χ0n) is 16.1. The predicted molar refractivity (Wildman–Crippen MR) is 116 cm³/mol. The lowest BCUT2D eigenvalue weighted by atomic mass is 10.0. The minimum absolute atomic E-state index is 0.0817. The number of aromatic hydroxyl groups is 1. The first-order chi connectivity index (χ1) is 14.4. The summed E-state index contributed by atoms with van der Waals surface area (Å²) in [5, 5.41) is 22.7. The van der Waals surface area contributed by atoms with E-state index < -0.39 is 18.3 Å². The molecule has 0 saturated carbocycles. The molecule has 0 unspecified atom stereocenters. The van der Waals surface area contributed by atoms with E-state index in [9.17, 15) is 15.0 Å². The summed E-state index contributed by atoms with van der Waals surface area (Å²) in [7, 11) is 0. The summed E-state index contributed by atoms with van der Waals surface area (Å²) in [6.07, 6.45) is -2.19. The van der Waals surface area contributed by atoms with E-state index >= 15 is 0 Å². The van der Waals surface area contributed by atoms with E-state index in [4.69, 9.17) is 18.9 Å². The van der Waals surface area contributed by atoms with Crippen LogP contribution in [0, 0.1) is 0 Å². The average Bonchev–Trinajstić information content (AvgIpc) is 3.17. The van der Waals surface area contributed by atoms with Gasteiger partial charge in [-0.1, -0.05) is 15.9 Å². The number of phenolic OH excluding ortho intramolecular Hbond substituents is 1. The second-order valence-corrected chi connectivity index (χ2v) is 8.12. The number of halogens is 2. The molecule has 1 aliphatic heterocycles. The molecule has 10 heteroatoms. The highest BCUT2D eigenvalue weighted by Crippen LogP contribution is 2.40. The lowest BCUT2D eigenvalue weighted by Gasteiger charge is -2.28. The van der Waals surface area contributed by atoms with Crippen LogP contribution in [-0.2, 0) is 9.47 Å². The number of anilines is 1. The van der Waals surface area contributed by atoms with Crippen LogP contribution >= 0.6 is 31.9 Å². The van der Waals surface area contributed by atoms with Crippen LogP contribution < -0.4 is 14.8 Å². The van der Waals surface area contributed by atoms with Crippen molar-refractivity contribution in [1.29, 1.82) is 0 Å². The van der Waals surface area contributed by atoms with Crippen LogP contribution in [0.3, 0.4) is 0 Å². The topological polar surface area (TPSA) is 106 Å². The van der Waals surface area contributed by atoms with Crippen molar-refractivity contribution in [2.24, 2.45) is 0 Å². The van der Waals surface area contributed by atoms with Crippen LogP contribution in [0.2, 0.25) is 0 Å². The van der Waals surface area contributed by atoms with Gasteiger partial charge in [0.1, 0.15) is 11.9 Å². The van der Waals surface area contributed by atoms with Gasteiger partial charge in [0.15, 0.2) is 17.6 Å². The third kappa shape index (κ3) is 5.37. The summed E-state index contributed by atoms with van der Waals surface area (Å²) < 4.78 is 23.0. The van der Waals surface area contributed by atoms with Crippen molar-refractivity contribution in [3.63, 3.8) is 0 Å². The standard InChI is InChI=1S/C20H21Br2NO7/c1-2-27-16(5-6-24)19(13-7-11(21)8-14(22)18(13)25)30-20(26)23-12-3-4-15-17(9-12)29-10-28-15/h3-4,7-9,16,19,24-25H,2,5-6,10H2,1H3,(H,23,26)/t16-,19-/m0/s1. The molecule has 0 fully saturated rings. The van der Waals surface area contributed by atoms with Crippen molar-refractivity contribution in [3.05, 3.63) is 44.8 Å². The summed E-state index contributed by atoms with van der Waals surface area (Å²) in [5.74, 6) is 1.03. The number of amides is 1. The van der Waals surface area contributed by atoms with Crippen LogP contribution in [-0.4, -0.2) is 42.4 Å². The molecule has 0 spiro atoms. The zero-order valence-corrected chi connectivity index (χ0v) is 19.2. The van der Waals surface area contributed by atoms with Gasteiger partial charge in [-0.05, 0) is 47.1 Å². The summed E-state index contributed by atoms with van der Waals surface area (Å²) in [5.41, 5.74) is 0.793. The molecule has 3 N–H and O–H groups in total. The SMILES string of the molecule is CCO[C@@H](CCO)[C@@H](OC(=O)Nc1ccc2c(c1)OCO2)c1cc(Br)cc(Br)c1O. The lowest BCUT2D eigenvalue weighted by molar-refractivity contribution is -0.0491. The van der Waals surface area contributed by atoms with Crippen molar-refractivity contribution in [2.75, 3.05) is 25.3 Å². The van der Waals surface area contributed by atoms with Gasteiger partial charge in [-0.3, -0.25) is 5.32 Å². The Kier molecular flexibility index (Phi) is 7.81. The molecule has 1 heterocycles. The van der Waals surface area contributed by atoms with Gasteiger partial charge in [-0.2, -0.15) is 0 Å². The molecule has 1 amide bonds. The van der Waals surface area contributed by atoms with E-state index in [-0.39, 0.29) is 25.6 Å². The summed E-state index contributed by atoms with van der Waals surface area (Å²) in [6.45, 7) is 2.08. The number of benzene rings is 2. The molecule has 0 saturated heterocycles. The van der Waals surface area contributed by atoms with E-state index in [1.54, 1.807) is 37.3 Å². The minimum Gasteiger partial charge on any atom is -0.506 e. The number of aliphatic hydroxyl groups excluding tert-OH is 1. The maximum atomic E-state index is 12.7. The van der Waals surface area contributed by atoms with Crippen molar-refractivity contribution in [3.8, 4) is 17.2 Å². The molecule has 8 nitrogen and oxygen atoms in total. The molecule has 0 aromatic heterocycles. The molecule has 3 rings (SSSR count). The molecule has 2 aromatic carbocycles. The normalized spacial score (nSPS) is 14.3. The molecule has 0 aliphatic carbocycles. The molecular weight excluding hydrogens is 526 g/mol. The number of ether oxygens (including phenoxy) is 4. The van der Waals surface area contributed by atoms with Gasteiger partial charge in [-0.25, -0.2) is 4.79 Å². The fraction of sp³-hybridized carbons (Fsp3) is 0.350. The number of hydrogen-bond acceptors (Lipinski definition) is 7. The smallest absolute Gasteiger partial charge is 0.412 e. The molecule has 2 aromatic rings. The quantitative estimate of drug-likeness (QED) is 0.439. The fourth-order valence-corrected chi connectivity index (χ4v) is 4.30. The van der Waals surface area contributed by atoms with Crippen molar-refractivity contribution in [2.45, 2.75) is 25.6 Å². The molecule has 162 valence electrons. The third-order valence-electron chi connectivity index (χ3n) is 4.35. The Labute approximate surface area is 190 Å². The van der Waals surface area contributed by atoms with E-state index in [1.165, 1.54) is 0 Å². The molecule has 0 radical (unpaired) electrons.